The Bertz CT molecular complexity index is 473. The van der Waals surface area contributed by atoms with Gasteiger partial charge in [-0.05, 0) is 52.3 Å². The Kier molecular flexibility index (Phi) is 3.59. The van der Waals surface area contributed by atoms with E-state index in [9.17, 15) is 5.11 Å². The van der Waals surface area contributed by atoms with Crippen molar-refractivity contribution in [2.24, 2.45) is 0 Å². The molecule has 0 spiro atoms. The minimum atomic E-state index is -0.374. The molecule has 0 aromatic heterocycles. The van der Waals surface area contributed by atoms with Gasteiger partial charge in [0.25, 0.3) is 0 Å². The van der Waals surface area contributed by atoms with Crippen LogP contribution in [0.3, 0.4) is 0 Å². The van der Waals surface area contributed by atoms with Crippen LogP contribution in [0, 0.1) is 0 Å². The number of rotatable bonds is 1. The summed E-state index contributed by atoms with van der Waals surface area (Å²) >= 11 is 0. The number of piperidine rings is 1. The second-order valence-corrected chi connectivity index (χ2v) is 6.66. The van der Waals surface area contributed by atoms with Gasteiger partial charge in [-0.1, -0.05) is 36.4 Å². The number of benzene rings is 1. The van der Waals surface area contributed by atoms with Gasteiger partial charge in [-0.3, -0.25) is 4.90 Å². The van der Waals surface area contributed by atoms with Gasteiger partial charge in [-0.15, -0.1) is 0 Å². The van der Waals surface area contributed by atoms with Crippen LogP contribution in [0.25, 0.3) is 6.08 Å². The van der Waals surface area contributed by atoms with Gasteiger partial charge in [-0.25, -0.2) is 0 Å². The fourth-order valence-corrected chi connectivity index (χ4v) is 3.08. The lowest BCUT2D eigenvalue weighted by atomic mass is 9.74. The number of hydrogen-bond acceptors (Lipinski definition) is 2. The second kappa shape index (κ2) is 4.77. The average molecular weight is 259 g/mol. The first-order valence-corrected chi connectivity index (χ1v) is 6.94. The lowest BCUT2D eigenvalue weighted by Gasteiger charge is -2.54. The van der Waals surface area contributed by atoms with Crippen molar-refractivity contribution >= 4 is 6.08 Å². The van der Waals surface area contributed by atoms with Crippen LogP contribution < -0.4 is 0 Å². The fourth-order valence-electron chi connectivity index (χ4n) is 3.08. The summed E-state index contributed by atoms with van der Waals surface area (Å²) in [5.74, 6) is 0. The molecule has 1 aliphatic rings. The van der Waals surface area contributed by atoms with Gasteiger partial charge in [0.05, 0.1) is 6.10 Å². The summed E-state index contributed by atoms with van der Waals surface area (Å²) in [5.41, 5.74) is 2.12. The highest BCUT2D eigenvalue weighted by molar-refractivity contribution is 5.57. The summed E-state index contributed by atoms with van der Waals surface area (Å²) in [6.07, 6.45) is 2.53. The lowest BCUT2D eigenvalue weighted by Crippen LogP contribution is -2.61. The number of likely N-dealkylation sites (tertiary alicyclic amines) is 1. The van der Waals surface area contributed by atoms with Gasteiger partial charge in [0.15, 0.2) is 0 Å². The summed E-state index contributed by atoms with van der Waals surface area (Å²) in [5, 5.41) is 10.5. The monoisotopic (exact) mass is 259 g/mol. The summed E-state index contributed by atoms with van der Waals surface area (Å²) in [6.45, 7) is 8.76. The molecule has 1 unspecified atom stereocenters. The molecule has 104 valence electrons. The van der Waals surface area contributed by atoms with E-state index in [4.69, 9.17) is 0 Å². The van der Waals surface area contributed by atoms with E-state index in [0.29, 0.717) is 0 Å². The van der Waals surface area contributed by atoms with E-state index in [1.54, 1.807) is 0 Å². The summed E-state index contributed by atoms with van der Waals surface area (Å²) in [4.78, 5) is 2.36. The molecule has 1 N–H and O–H groups in total. The van der Waals surface area contributed by atoms with Crippen molar-refractivity contribution in [1.29, 1.82) is 0 Å². The molecule has 1 aromatic carbocycles. The molecular formula is C17H25NO. The molecule has 1 heterocycles. The normalized spacial score (nSPS) is 28.5. The third-order valence-corrected chi connectivity index (χ3v) is 4.63. The molecule has 0 radical (unpaired) electrons. The minimum Gasteiger partial charge on any atom is -0.389 e. The van der Waals surface area contributed by atoms with Crippen LogP contribution in [-0.4, -0.2) is 34.2 Å². The number of nitrogens with zero attached hydrogens (tertiary/aromatic N) is 1. The van der Waals surface area contributed by atoms with Gasteiger partial charge < -0.3 is 5.11 Å². The smallest absolute Gasteiger partial charge is 0.0788 e. The Hall–Kier alpha value is -1.12. The summed E-state index contributed by atoms with van der Waals surface area (Å²) in [6, 6.07) is 10.2. The molecule has 0 bridgehead atoms. The Balaban J connectivity index is 2.43. The Morgan fingerprint density at radius 1 is 1.16 bits per heavy atom. The molecule has 1 aliphatic heterocycles. The first kappa shape index (κ1) is 14.3. The maximum Gasteiger partial charge on any atom is 0.0788 e. The molecule has 0 aliphatic carbocycles. The van der Waals surface area contributed by atoms with Gasteiger partial charge in [0.2, 0.25) is 0 Å². The van der Waals surface area contributed by atoms with Crippen molar-refractivity contribution in [3.63, 3.8) is 0 Å². The van der Waals surface area contributed by atoms with Crippen LogP contribution in [0.4, 0.5) is 0 Å². The van der Waals surface area contributed by atoms with E-state index in [0.717, 1.165) is 17.6 Å². The van der Waals surface area contributed by atoms with E-state index < -0.39 is 0 Å². The average Bonchev–Trinajstić information content (AvgIpc) is 2.34. The molecule has 0 saturated carbocycles. The van der Waals surface area contributed by atoms with Crippen LogP contribution in [0.5, 0.6) is 0 Å². The minimum absolute atomic E-state index is 0.0109. The summed E-state index contributed by atoms with van der Waals surface area (Å²) < 4.78 is 0. The first-order chi connectivity index (χ1) is 8.75. The maximum atomic E-state index is 10.5. The topological polar surface area (TPSA) is 23.5 Å². The third-order valence-electron chi connectivity index (χ3n) is 4.63. The van der Waals surface area contributed by atoms with Gasteiger partial charge >= 0.3 is 0 Å². The number of aliphatic hydroxyl groups excluding tert-OH is 1. The van der Waals surface area contributed by atoms with Crippen LogP contribution in [0.15, 0.2) is 35.9 Å². The molecule has 1 atom stereocenters. The first-order valence-electron chi connectivity index (χ1n) is 6.94. The van der Waals surface area contributed by atoms with E-state index in [-0.39, 0.29) is 17.2 Å². The third kappa shape index (κ3) is 2.60. The quantitative estimate of drug-likeness (QED) is 0.836. The fraction of sp³-hybridized carbons (Fsp3) is 0.529. The van der Waals surface area contributed by atoms with Crippen LogP contribution in [-0.2, 0) is 0 Å². The molecule has 0 amide bonds. The maximum absolute atomic E-state index is 10.5. The van der Waals surface area contributed by atoms with Gasteiger partial charge in [-0.2, -0.15) is 0 Å². The number of hydrogen-bond donors (Lipinski definition) is 1. The predicted octanol–water partition coefficient (Wildman–Crippen LogP) is 3.32. The van der Waals surface area contributed by atoms with Crippen molar-refractivity contribution in [3.05, 3.63) is 41.5 Å². The van der Waals surface area contributed by atoms with Crippen LogP contribution in [0.1, 0.15) is 39.7 Å². The Labute approximate surface area is 116 Å². The largest absolute Gasteiger partial charge is 0.389 e. The van der Waals surface area contributed by atoms with Crippen molar-refractivity contribution in [3.8, 4) is 0 Å². The molecule has 1 fully saturated rings. The van der Waals surface area contributed by atoms with Crippen LogP contribution >= 0.6 is 0 Å². The zero-order valence-corrected chi connectivity index (χ0v) is 12.6. The Morgan fingerprint density at radius 3 is 2.32 bits per heavy atom. The van der Waals surface area contributed by atoms with E-state index in [2.05, 4.69) is 57.9 Å². The van der Waals surface area contributed by atoms with E-state index in [1.165, 1.54) is 0 Å². The van der Waals surface area contributed by atoms with Crippen molar-refractivity contribution in [2.75, 3.05) is 7.05 Å². The SMILES string of the molecule is CN1C(C)(C)CC(O)C(=Cc2ccccc2)C1(C)C. The van der Waals surface area contributed by atoms with Gasteiger partial charge in [0.1, 0.15) is 0 Å². The highest BCUT2D eigenvalue weighted by Crippen LogP contribution is 2.41. The van der Waals surface area contributed by atoms with Crippen LogP contribution in [0.2, 0.25) is 0 Å². The number of likely N-dealkylation sites (N-methyl/N-ethyl adjacent to an activating group) is 1. The summed E-state index contributed by atoms with van der Waals surface area (Å²) in [7, 11) is 2.14. The Morgan fingerprint density at radius 2 is 1.74 bits per heavy atom. The molecule has 1 saturated heterocycles. The second-order valence-electron chi connectivity index (χ2n) is 6.66. The molecule has 1 aromatic rings. The van der Waals surface area contributed by atoms with Crippen molar-refractivity contribution in [2.45, 2.75) is 51.3 Å². The predicted molar refractivity (Wildman–Crippen MR) is 81.0 cm³/mol. The van der Waals surface area contributed by atoms with Crippen molar-refractivity contribution in [1.82, 2.24) is 4.90 Å². The molecule has 19 heavy (non-hydrogen) atoms. The molecule has 2 rings (SSSR count). The number of aliphatic hydroxyl groups is 1. The van der Waals surface area contributed by atoms with E-state index >= 15 is 0 Å². The molecule has 2 nitrogen and oxygen atoms in total. The zero-order chi connectivity index (χ0) is 14.3. The zero-order valence-electron chi connectivity index (χ0n) is 12.6. The standard InChI is InChI=1S/C17H25NO/c1-16(2)12-15(19)14(17(3,4)18(16)5)11-13-9-7-6-8-10-13/h6-11,15,19H,12H2,1-5H3. The lowest BCUT2D eigenvalue weighted by molar-refractivity contribution is -0.0178. The molecule has 2 heteroatoms. The van der Waals surface area contributed by atoms with Gasteiger partial charge in [0, 0.05) is 11.1 Å². The molecular weight excluding hydrogens is 234 g/mol. The van der Waals surface area contributed by atoms with Crippen molar-refractivity contribution < 1.29 is 5.11 Å². The highest BCUT2D eigenvalue weighted by atomic mass is 16.3. The van der Waals surface area contributed by atoms with E-state index in [1.807, 2.05) is 18.2 Å². The highest BCUT2D eigenvalue weighted by Gasteiger charge is 2.45.